The van der Waals surface area contributed by atoms with Crippen LogP contribution in [0.2, 0.25) is 0 Å². The molecule has 0 saturated carbocycles. The fraction of sp³-hybridized carbons (Fsp3) is 0.100. The zero-order valence-corrected chi connectivity index (χ0v) is 7.97. The normalized spacial score (nSPS) is 10.5. The Kier molecular flexibility index (Phi) is 2.00. The fourth-order valence-corrected chi connectivity index (χ4v) is 1.40. The molecule has 0 radical (unpaired) electrons. The third-order valence-electron chi connectivity index (χ3n) is 2.18. The van der Waals surface area contributed by atoms with Gasteiger partial charge >= 0.3 is 0 Å². The largest absolute Gasteiger partial charge is 0.493 e. The fourth-order valence-electron chi connectivity index (χ4n) is 1.40. The van der Waals surface area contributed by atoms with E-state index in [0.29, 0.717) is 11.9 Å². The molecule has 0 amide bonds. The molecule has 0 aliphatic heterocycles. The molecule has 2 rings (SSSR count). The van der Waals surface area contributed by atoms with E-state index in [1.165, 1.54) is 10.6 Å². The number of pyridine rings is 1. The molecular formula is C10H8N2O3. The number of nitrogens with zero attached hydrogens (tertiary/aromatic N) is 2. The third kappa shape index (κ3) is 1.28. The van der Waals surface area contributed by atoms with Crippen molar-refractivity contribution in [2.24, 2.45) is 0 Å². The molecule has 15 heavy (non-hydrogen) atoms. The number of carbonyl (C=O) groups excluding carboxylic acids is 1. The standard InChI is InChI=1S/C10H8N2O3/c1-6-3-2-4-12-8(6)11-9(14)7(5-13)10(12)15/h2-5,14H,1H3. The Bertz CT molecular complexity index is 601. The molecule has 0 unspecified atom stereocenters. The highest BCUT2D eigenvalue weighted by Gasteiger charge is 2.11. The zero-order valence-electron chi connectivity index (χ0n) is 7.97. The molecule has 0 bridgehead atoms. The van der Waals surface area contributed by atoms with Gasteiger partial charge in [0.05, 0.1) is 0 Å². The number of rotatable bonds is 1. The van der Waals surface area contributed by atoms with Crippen LogP contribution < -0.4 is 5.56 Å². The topological polar surface area (TPSA) is 71.7 Å². The first kappa shape index (κ1) is 9.39. The summed E-state index contributed by atoms with van der Waals surface area (Å²) in [5, 5.41) is 9.36. The van der Waals surface area contributed by atoms with Crippen molar-refractivity contribution in [3.05, 3.63) is 39.8 Å². The number of aryl methyl sites for hydroxylation is 1. The first-order valence-corrected chi connectivity index (χ1v) is 4.31. The molecule has 2 aromatic heterocycles. The Morgan fingerprint density at radius 1 is 1.53 bits per heavy atom. The Labute approximate surface area is 84.6 Å². The molecule has 2 heterocycles. The third-order valence-corrected chi connectivity index (χ3v) is 2.18. The molecule has 0 saturated heterocycles. The van der Waals surface area contributed by atoms with E-state index >= 15 is 0 Å². The second-order valence-electron chi connectivity index (χ2n) is 3.16. The molecule has 5 nitrogen and oxygen atoms in total. The van der Waals surface area contributed by atoms with Crippen LogP contribution in [0.3, 0.4) is 0 Å². The van der Waals surface area contributed by atoms with Gasteiger partial charge < -0.3 is 5.11 Å². The number of fused-ring (bicyclic) bond motifs is 1. The molecule has 0 atom stereocenters. The van der Waals surface area contributed by atoms with Crippen LogP contribution in [0.1, 0.15) is 15.9 Å². The van der Waals surface area contributed by atoms with Crippen molar-refractivity contribution >= 4 is 11.9 Å². The monoisotopic (exact) mass is 204 g/mol. The minimum Gasteiger partial charge on any atom is -0.493 e. The number of carbonyl (C=O) groups is 1. The van der Waals surface area contributed by atoms with Gasteiger partial charge in [0, 0.05) is 6.20 Å². The van der Waals surface area contributed by atoms with Crippen LogP contribution in [0.15, 0.2) is 23.1 Å². The van der Waals surface area contributed by atoms with E-state index in [1.807, 2.05) is 0 Å². The van der Waals surface area contributed by atoms with Crippen LogP contribution in [-0.2, 0) is 0 Å². The van der Waals surface area contributed by atoms with Crippen molar-refractivity contribution in [3.63, 3.8) is 0 Å². The summed E-state index contributed by atoms with van der Waals surface area (Å²) in [4.78, 5) is 26.0. The van der Waals surface area contributed by atoms with Crippen LogP contribution in [0.5, 0.6) is 5.88 Å². The summed E-state index contributed by atoms with van der Waals surface area (Å²) in [5.74, 6) is -0.524. The zero-order chi connectivity index (χ0) is 11.0. The van der Waals surface area contributed by atoms with E-state index < -0.39 is 11.4 Å². The second-order valence-corrected chi connectivity index (χ2v) is 3.16. The summed E-state index contributed by atoms with van der Waals surface area (Å²) in [6, 6.07) is 3.44. The van der Waals surface area contributed by atoms with Crippen molar-refractivity contribution < 1.29 is 9.90 Å². The predicted octanol–water partition coefficient (Wildman–Crippen LogP) is 0.521. The number of aldehydes is 1. The van der Waals surface area contributed by atoms with Crippen LogP contribution in [-0.4, -0.2) is 20.8 Å². The van der Waals surface area contributed by atoms with Gasteiger partial charge in [0.15, 0.2) is 6.29 Å². The summed E-state index contributed by atoms with van der Waals surface area (Å²) >= 11 is 0. The van der Waals surface area contributed by atoms with Crippen molar-refractivity contribution in [3.8, 4) is 5.88 Å². The molecule has 0 aliphatic rings. The lowest BCUT2D eigenvalue weighted by Crippen LogP contribution is -2.19. The SMILES string of the molecule is Cc1cccn2c(=O)c(C=O)c(O)nc12. The van der Waals surface area contributed by atoms with Gasteiger partial charge in [0.2, 0.25) is 5.88 Å². The predicted molar refractivity (Wildman–Crippen MR) is 53.3 cm³/mol. The van der Waals surface area contributed by atoms with Gasteiger partial charge in [-0.05, 0) is 18.6 Å². The number of aromatic nitrogens is 2. The highest BCUT2D eigenvalue weighted by atomic mass is 16.3. The molecular weight excluding hydrogens is 196 g/mol. The quantitative estimate of drug-likeness (QED) is 0.687. The van der Waals surface area contributed by atoms with E-state index in [2.05, 4.69) is 4.98 Å². The Balaban J connectivity index is 3.04. The van der Waals surface area contributed by atoms with E-state index in [-0.39, 0.29) is 5.56 Å². The Hall–Kier alpha value is -2.17. The number of hydrogen-bond donors (Lipinski definition) is 1. The van der Waals surface area contributed by atoms with E-state index in [0.717, 1.165) is 5.56 Å². The molecule has 0 aromatic carbocycles. The molecule has 76 valence electrons. The number of aromatic hydroxyl groups is 1. The lowest BCUT2D eigenvalue weighted by atomic mass is 10.2. The second kappa shape index (κ2) is 3.20. The van der Waals surface area contributed by atoms with Crippen molar-refractivity contribution in [2.45, 2.75) is 6.92 Å². The van der Waals surface area contributed by atoms with Gasteiger partial charge in [-0.15, -0.1) is 0 Å². The minimum absolute atomic E-state index is 0.305. The lowest BCUT2D eigenvalue weighted by Gasteiger charge is -2.04. The number of hydrogen-bond acceptors (Lipinski definition) is 4. The van der Waals surface area contributed by atoms with Gasteiger partial charge in [0.25, 0.3) is 5.56 Å². The first-order chi connectivity index (χ1) is 7.15. The Morgan fingerprint density at radius 2 is 2.27 bits per heavy atom. The van der Waals surface area contributed by atoms with Gasteiger partial charge in [-0.3, -0.25) is 14.0 Å². The van der Waals surface area contributed by atoms with Crippen LogP contribution in [0, 0.1) is 6.92 Å². The van der Waals surface area contributed by atoms with Crippen LogP contribution in [0.4, 0.5) is 0 Å². The highest BCUT2D eigenvalue weighted by Crippen LogP contribution is 2.11. The first-order valence-electron chi connectivity index (χ1n) is 4.31. The maximum atomic E-state index is 11.7. The van der Waals surface area contributed by atoms with Gasteiger partial charge in [-0.1, -0.05) is 6.07 Å². The van der Waals surface area contributed by atoms with Crippen molar-refractivity contribution in [1.29, 1.82) is 0 Å². The summed E-state index contributed by atoms with van der Waals surface area (Å²) < 4.78 is 1.23. The average molecular weight is 204 g/mol. The molecule has 0 fully saturated rings. The minimum atomic E-state index is -0.559. The summed E-state index contributed by atoms with van der Waals surface area (Å²) in [5.41, 5.74) is 0.224. The molecule has 0 aliphatic carbocycles. The maximum absolute atomic E-state index is 11.7. The summed E-state index contributed by atoms with van der Waals surface area (Å²) in [7, 11) is 0. The smallest absolute Gasteiger partial charge is 0.272 e. The average Bonchev–Trinajstić information content (AvgIpc) is 2.20. The van der Waals surface area contributed by atoms with Gasteiger partial charge in [0.1, 0.15) is 11.2 Å². The highest BCUT2D eigenvalue weighted by molar-refractivity contribution is 5.78. The molecule has 5 heteroatoms. The molecule has 0 spiro atoms. The van der Waals surface area contributed by atoms with Gasteiger partial charge in [-0.25, -0.2) is 0 Å². The van der Waals surface area contributed by atoms with Crippen molar-refractivity contribution in [1.82, 2.24) is 9.38 Å². The van der Waals surface area contributed by atoms with Crippen molar-refractivity contribution in [2.75, 3.05) is 0 Å². The van der Waals surface area contributed by atoms with E-state index in [4.69, 9.17) is 0 Å². The summed E-state index contributed by atoms with van der Waals surface area (Å²) in [6.07, 6.45) is 1.81. The molecule has 1 N–H and O–H groups in total. The molecule has 2 aromatic rings. The maximum Gasteiger partial charge on any atom is 0.272 e. The van der Waals surface area contributed by atoms with E-state index in [9.17, 15) is 14.7 Å². The van der Waals surface area contributed by atoms with Crippen LogP contribution in [0.25, 0.3) is 5.65 Å². The Morgan fingerprint density at radius 3 is 2.93 bits per heavy atom. The van der Waals surface area contributed by atoms with Gasteiger partial charge in [-0.2, -0.15) is 4.98 Å². The summed E-state index contributed by atoms with van der Waals surface area (Å²) in [6.45, 7) is 1.77. The van der Waals surface area contributed by atoms with E-state index in [1.54, 1.807) is 19.1 Å². The lowest BCUT2D eigenvalue weighted by molar-refractivity contribution is 0.111. The van der Waals surface area contributed by atoms with Crippen LogP contribution >= 0.6 is 0 Å².